The molecule has 6 rings (SSSR count). The number of benzene rings is 2. The molecule has 2 fully saturated rings. The summed E-state index contributed by atoms with van der Waals surface area (Å²) in [5.74, 6) is 0. The summed E-state index contributed by atoms with van der Waals surface area (Å²) in [6.07, 6.45) is 7.75. The van der Waals surface area contributed by atoms with E-state index in [1.165, 1.54) is 60.4 Å². The minimum absolute atomic E-state index is 0.380. The van der Waals surface area contributed by atoms with Gasteiger partial charge in [-0.15, -0.1) is 11.3 Å². The first kappa shape index (κ1) is 23.7. The molecule has 0 radical (unpaired) electrons. The van der Waals surface area contributed by atoms with E-state index in [-0.39, 0.29) is 0 Å². The van der Waals surface area contributed by atoms with Gasteiger partial charge in [0.2, 0.25) is 0 Å². The molecule has 3 aromatic rings. The fraction of sp³-hybridized carbons (Fsp3) is 0.481. The van der Waals surface area contributed by atoms with Crippen LogP contribution in [-0.2, 0) is 22.9 Å². The zero-order valence-corrected chi connectivity index (χ0v) is 22.3. The van der Waals surface area contributed by atoms with Crippen LogP contribution in [0.15, 0.2) is 46.7 Å². The molecule has 3 aliphatic rings. The second-order valence-electron chi connectivity index (χ2n) is 10.0. The molecule has 0 bridgehead atoms. The van der Waals surface area contributed by atoms with Crippen LogP contribution in [-0.4, -0.2) is 62.9 Å². The number of rotatable bonds is 4. The number of hydrogen-bond acceptors (Lipinski definition) is 5. The summed E-state index contributed by atoms with van der Waals surface area (Å²) in [5, 5.41) is 1.41. The van der Waals surface area contributed by atoms with Crippen molar-refractivity contribution in [3.63, 3.8) is 0 Å². The number of sulfonamides is 1. The predicted octanol–water partition coefficient (Wildman–Crippen LogP) is 5.41. The van der Waals surface area contributed by atoms with E-state index in [0.29, 0.717) is 35.4 Å². The lowest BCUT2D eigenvalue weighted by Gasteiger charge is -2.35. The first-order valence-electron chi connectivity index (χ1n) is 12.8. The quantitative estimate of drug-likeness (QED) is 0.453. The summed E-state index contributed by atoms with van der Waals surface area (Å²) >= 11 is 7.59. The highest BCUT2D eigenvalue weighted by Crippen LogP contribution is 2.35. The molecule has 8 heteroatoms. The lowest BCUT2D eigenvalue weighted by atomic mass is 10.0. The van der Waals surface area contributed by atoms with Gasteiger partial charge in [0.15, 0.2) is 0 Å². The molecule has 2 aliphatic heterocycles. The van der Waals surface area contributed by atoms with Crippen molar-refractivity contribution < 1.29 is 8.42 Å². The standard InChI is InChI=1S/C27H32ClN3O2S2/c28-25-6-3-7-26-24(25)19-27(34-26)35(32,33)31-16-14-30(15-17-31)23-9-8-20-10-12-29(13-11-21(20)18-23)22-4-1-2-5-22/h3,6-9,18-19,22H,1-2,4-5,10-17H2. The van der Waals surface area contributed by atoms with E-state index in [1.807, 2.05) is 12.1 Å². The topological polar surface area (TPSA) is 43.9 Å². The Hall–Kier alpha value is -1.64. The molecule has 3 heterocycles. The third-order valence-electron chi connectivity index (χ3n) is 8.05. The third-order valence-corrected chi connectivity index (χ3v) is 11.8. The summed E-state index contributed by atoms with van der Waals surface area (Å²) in [5.41, 5.74) is 4.18. The average Bonchev–Trinajstić information content (AvgIpc) is 3.52. The fourth-order valence-electron chi connectivity index (χ4n) is 6.00. The lowest BCUT2D eigenvalue weighted by molar-refractivity contribution is 0.208. The maximum atomic E-state index is 13.4. The number of hydrogen-bond donors (Lipinski definition) is 0. The second-order valence-corrected chi connectivity index (χ2v) is 13.7. The van der Waals surface area contributed by atoms with Crippen LogP contribution < -0.4 is 4.90 Å². The molecule has 0 spiro atoms. The van der Waals surface area contributed by atoms with Gasteiger partial charge in [-0.3, -0.25) is 4.90 Å². The summed E-state index contributed by atoms with van der Waals surface area (Å²) in [6.45, 7) is 4.74. The monoisotopic (exact) mass is 529 g/mol. The molecule has 35 heavy (non-hydrogen) atoms. The van der Waals surface area contributed by atoms with Gasteiger partial charge in [0.1, 0.15) is 4.21 Å². The highest BCUT2D eigenvalue weighted by atomic mass is 35.5. The van der Waals surface area contributed by atoms with E-state index in [4.69, 9.17) is 11.6 Å². The molecule has 1 aromatic heterocycles. The molecular formula is C27H32ClN3O2S2. The fourth-order valence-corrected chi connectivity index (χ4v) is 9.28. The maximum absolute atomic E-state index is 13.4. The van der Waals surface area contributed by atoms with Gasteiger partial charge in [0, 0.05) is 66.1 Å². The largest absolute Gasteiger partial charge is 0.369 e. The Bertz CT molecular complexity index is 1330. The SMILES string of the molecule is O=S(=O)(c1cc2c(Cl)cccc2s1)N1CCN(c2ccc3c(c2)CCN(C2CCCC2)CC3)CC1. The zero-order chi connectivity index (χ0) is 24.0. The Labute approximate surface area is 217 Å². The number of anilines is 1. The van der Waals surface area contributed by atoms with Crippen LogP contribution in [0.4, 0.5) is 5.69 Å². The average molecular weight is 530 g/mol. The normalized spacial score (nSPS) is 20.9. The minimum Gasteiger partial charge on any atom is -0.369 e. The van der Waals surface area contributed by atoms with Gasteiger partial charge < -0.3 is 4.90 Å². The van der Waals surface area contributed by atoms with Crippen molar-refractivity contribution in [1.29, 1.82) is 0 Å². The summed E-state index contributed by atoms with van der Waals surface area (Å²) in [6, 6.07) is 15.0. The van der Waals surface area contributed by atoms with Crippen LogP contribution >= 0.6 is 22.9 Å². The van der Waals surface area contributed by atoms with Crippen LogP contribution in [0, 0.1) is 0 Å². The van der Waals surface area contributed by atoms with Gasteiger partial charge in [0.05, 0.1) is 0 Å². The Kier molecular flexibility index (Phi) is 6.56. The van der Waals surface area contributed by atoms with Crippen LogP contribution in [0.1, 0.15) is 36.8 Å². The summed E-state index contributed by atoms with van der Waals surface area (Å²) in [7, 11) is -3.52. The van der Waals surface area contributed by atoms with Gasteiger partial charge in [0.25, 0.3) is 10.0 Å². The molecule has 186 valence electrons. The maximum Gasteiger partial charge on any atom is 0.252 e. The highest BCUT2D eigenvalue weighted by Gasteiger charge is 2.31. The van der Waals surface area contributed by atoms with Crippen molar-refractivity contribution in [2.45, 2.75) is 48.8 Å². The van der Waals surface area contributed by atoms with Crippen molar-refractivity contribution in [2.75, 3.05) is 44.2 Å². The minimum atomic E-state index is -3.52. The van der Waals surface area contributed by atoms with Crippen molar-refractivity contribution in [3.8, 4) is 0 Å². The van der Waals surface area contributed by atoms with E-state index in [2.05, 4.69) is 28.0 Å². The first-order valence-corrected chi connectivity index (χ1v) is 15.4. The molecule has 1 aliphatic carbocycles. The summed E-state index contributed by atoms with van der Waals surface area (Å²) in [4.78, 5) is 5.06. The summed E-state index contributed by atoms with van der Waals surface area (Å²) < 4.78 is 29.6. The Morgan fingerprint density at radius 1 is 0.857 bits per heavy atom. The molecule has 0 amide bonds. The first-order chi connectivity index (χ1) is 17.0. The number of nitrogens with zero attached hydrogens (tertiary/aromatic N) is 3. The van der Waals surface area contributed by atoms with Crippen LogP contribution in [0.5, 0.6) is 0 Å². The number of halogens is 1. The number of piperazine rings is 1. The number of thiophene rings is 1. The molecule has 0 N–H and O–H groups in total. The van der Waals surface area contributed by atoms with Crippen molar-refractivity contribution >= 4 is 48.7 Å². The van der Waals surface area contributed by atoms with Gasteiger partial charge in [-0.25, -0.2) is 8.42 Å². The highest BCUT2D eigenvalue weighted by molar-refractivity contribution is 7.91. The molecular weight excluding hydrogens is 498 g/mol. The van der Waals surface area contributed by atoms with Crippen molar-refractivity contribution in [1.82, 2.24) is 9.21 Å². The molecule has 0 unspecified atom stereocenters. The predicted molar refractivity (Wildman–Crippen MR) is 145 cm³/mol. The van der Waals surface area contributed by atoms with Gasteiger partial charge >= 0.3 is 0 Å². The molecule has 1 saturated heterocycles. The van der Waals surface area contributed by atoms with E-state index >= 15 is 0 Å². The van der Waals surface area contributed by atoms with Crippen LogP contribution in [0.25, 0.3) is 10.1 Å². The lowest BCUT2D eigenvalue weighted by Crippen LogP contribution is -2.48. The molecule has 2 aromatic carbocycles. The Balaban J connectivity index is 1.13. The van der Waals surface area contributed by atoms with Crippen molar-refractivity contribution in [2.24, 2.45) is 0 Å². The molecule has 1 saturated carbocycles. The Morgan fingerprint density at radius 3 is 2.34 bits per heavy atom. The van der Waals surface area contributed by atoms with Crippen LogP contribution in [0.2, 0.25) is 5.02 Å². The van der Waals surface area contributed by atoms with E-state index in [1.54, 1.807) is 16.4 Å². The van der Waals surface area contributed by atoms with Gasteiger partial charge in [-0.2, -0.15) is 4.31 Å². The molecule has 5 nitrogen and oxygen atoms in total. The smallest absolute Gasteiger partial charge is 0.252 e. The third kappa shape index (κ3) is 4.62. The van der Waals surface area contributed by atoms with E-state index < -0.39 is 10.0 Å². The second kappa shape index (κ2) is 9.67. The van der Waals surface area contributed by atoms with Crippen LogP contribution in [0.3, 0.4) is 0 Å². The van der Waals surface area contributed by atoms with Gasteiger partial charge in [-0.1, -0.05) is 36.6 Å². The molecule has 0 atom stereocenters. The number of fused-ring (bicyclic) bond motifs is 2. The van der Waals surface area contributed by atoms with Gasteiger partial charge in [-0.05, 0) is 67.1 Å². The Morgan fingerprint density at radius 2 is 1.60 bits per heavy atom. The van der Waals surface area contributed by atoms with Crippen molar-refractivity contribution in [3.05, 3.63) is 58.6 Å². The zero-order valence-electron chi connectivity index (χ0n) is 20.0. The van der Waals surface area contributed by atoms with E-state index in [0.717, 1.165) is 35.5 Å². The van der Waals surface area contributed by atoms with E-state index in [9.17, 15) is 8.42 Å².